The predicted molar refractivity (Wildman–Crippen MR) is 111 cm³/mol. The van der Waals surface area contributed by atoms with Crippen LogP contribution in [0.5, 0.6) is 0 Å². The van der Waals surface area contributed by atoms with Gasteiger partial charge in [0.2, 0.25) is 5.91 Å². The number of halogens is 1. The number of carbonyl (C=O) groups excluding carboxylic acids is 2. The van der Waals surface area contributed by atoms with Gasteiger partial charge in [-0.25, -0.2) is 4.79 Å². The first-order valence-corrected chi connectivity index (χ1v) is 10.8. The minimum absolute atomic E-state index is 0.101. The Kier molecular flexibility index (Phi) is 8.08. The Hall–Kier alpha value is -1.62. The molecule has 0 radical (unpaired) electrons. The Morgan fingerprint density at radius 3 is 2.52 bits per heavy atom. The molecular weight excluding hydrogens is 406 g/mol. The molecule has 1 aromatic rings. The first kappa shape index (κ1) is 21.7. The van der Waals surface area contributed by atoms with E-state index in [0.29, 0.717) is 24.3 Å². The van der Waals surface area contributed by atoms with Crippen LogP contribution in [-0.4, -0.2) is 28.2 Å². The molecule has 1 fully saturated rings. The Labute approximate surface area is 171 Å². The average molecular weight is 436 g/mol. The topological polar surface area (TPSA) is 46.6 Å². The van der Waals surface area contributed by atoms with Gasteiger partial charge in [0.25, 0.3) is 0 Å². The van der Waals surface area contributed by atoms with E-state index >= 15 is 0 Å². The lowest BCUT2D eigenvalue weighted by atomic mass is 9.75. The molecule has 0 bridgehead atoms. The minimum atomic E-state index is -0.495. The normalized spacial score (nSPS) is 22.3. The monoisotopic (exact) mass is 435 g/mol. The van der Waals surface area contributed by atoms with Crippen LogP contribution in [0.1, 0.15) is 45.6 Å². The highest BCUT2D eigenvalue weighted by atomic mass is 79.9. The zero-order chi connectivity index (χ0) is 20.0. The maximum Gasteiger partial charge on any atom is 0.354 e. The molecule has 148 valence electrons. The SMILES string of the molecule is C=C(C(=O)O[C@@H]1C[C@H](C)CC[C@H]1C(C)C)N(Cc1ccccc1)C(=O)CBr. The van der Waals surface area contributed by atoms with Crippen molar-refractivity contribution in [1.82, 2.24) is 4.90 Å². The van der Waals surface area contributed by atoms with Gasteiger partial charge in [0.1, 0.15) is 11.8 Å². The second kappa shape index (κ2) is 10.1. The molecule has 0 saturated heterocycles. The second-order valence-corrected chi connectivity index (χ2v) is 8.38. The lowest BCUT2D eigenvalue weighted by Gasteiger charge is -2.37. The Bertz CT molecular complexity index is 659. The lowest BCUT2D eigenvalue weighted by Crippen LogP contribution is -2.39. The number of hydrogen-bond acceptors (Lipinski definition) is 3. The number of ether oxygens (including phenoxy) is 1. The molecule has 1 aliphatic rings. The number of amides is 1. The van der Waals surface area contributed by atoms with Gasteiger partial charge in [-0.15, -0.1) is 0 Å². The van der Waals surface area contributed by atoms with E-state index in [1.54, 1.807) is 0 Å². The van der Waals surface area contributed by atoms with Gasteiger partial charge >= 0.3 is 5.97 Å². The lowest BCUT2D eigenvalue weighted by molar-refractivity contribution is -0.154. The van der Waals surface area contributed by atoms with E-state index in [0.717, 1.165) is 18.4 Å². The Morgan fingerprint density at radius 2 is 1.93 bits per heavy atom. The fourth-order valence-electron chi connectivity index (χ4n) is 3.74. The maximum atomic E-state index is 12.8. The van der Waals surface area contributed by atoms with E-state index in [1.807, 2.05) is 30.3 Å². The highest BCUT2D eigenvalue weighted by molar-refractivity contribution is 9.09. The smallest absolute Gasteiger partial charge is 0.354 e. The summed E-state index contributed by atoms with van der Waals surface area (Å²) in [5.41, 5.74) is 1.04. The molecule has 4 nitrogen and oxygen atoms in total. The summed E-state index contributed by atoms with van der Waals surface area (Å²) in [6, 6.07) is 9.57. The third-order valence-electron chi connectivity index (χ3n) is 5.38. The van der Waals surface area contributed by atoms with Crippen molar-refractivity contribution < 1.29 is 14.3 Å². The summed E-state index contributed by atoms with van der Waals surface area (Å²) in [6.45, 7) is 10.7. The van der Waals surface area contributed by atoms with E-state index in [1.165, 1.54) is 11.3 Å². The molecular formula is C22H30BrNO3. The van der Waals surface area contributed by atoms with Gasteiger partial charge in [0, 0.05) is 0 Å². The molecule has 2 rings (SSSR count). The zero-order valence-corrected chi connectivity index (χ0v) is 18.1. The van der Waals surface area contributed by atoms with Gasteiger partial charge in [-0.1, -0.05) is 80.0 Å². The van der Waals surface area contributed by atoms with E-state index in [9.17, 15) is 9.59 Å². The first-order chi connectivity index (χ1) is 12.8. The summed E-state index contributed by atoms with van der Waals surface area (Å²) in [6.07, 6.45) is 2.99. The van der Waals surface area contributed by atoms with Crippen LogP contribution in [0.25, 0.3) is 0 Å². The predicted octanol–water partition coefficient (Wildman–Crippen LogP) is 4.93. The molecule has 0 unspecified atom stereocenters. The van der Waals surface area contributed by atoms with Crippen molar-refractivity contribution in [3.63, 3.8) is 0 Å². The number of alkyl halides is 1. The molecule has 1 amide bonds. The second-order valence-electron chi connectivity index (χ2n) is 7.82. The Balaban J connectivity index is 2.11. The summed E-state index contributed by atoms with van der Waals surface area (Å²) in [7, 11) is 0. The molecule has 3 atom stereocenters. The first-order valence-electron chi connectivity index (χ1n) is 9.63. The summed E-state index contributed by atoms with van der Waals surface area (Å²) >= 11 is 3.20. The molecule has 0 N–H and O–H groups in total. The summed E-state index contributed by atoms with van der Waals surface area (Å²) in [5.74, 6) is 0.638. The van der Waals surface area contributed by atoms with E-state index < -0.39 is 5.97 Å². The van der Waals surface area contributed by atoms with Crippen LogP contribution in [0.3, 0.4) is 0 Å². The number of nitrogens with zero attached hydrogens (tertiary/aromatic N) is 1. The molecule has 0 spiro atoms. The van der Waals surface area contributed by atoms with Crippen molar-refractivity contribution in [2.24, 2.45) is 17.8 Å². The van der Waals surface area contributed by atoms with E-state index in [-0.39, 0.29) is 23.0 Å². The van der Waals surface area contributed by atoms with Crippen LogP contribution in [0.15, 0.2) is 42.6 Å². The van der Waals surface area contributed by atoms with Gasteiger partial charge in [-0.3, -0.25) is 4.79 Å². The third kappa shape index (κ3) is 5.93. The largest absolute Gasteiger partial charge is 0.457 e. The van der Waals surface area contributed by atoms with Crippen molar-refractivity contribution in [3.8, 4) is 0 Å². The van der Waals surface area contributed by atoms with Gasteiger partial charge in [0.05, 0.1) is 11.9 Å². The average Bonchev–Trinajstić information content (AvgIpc) is 2.65. The van der Waals surface area contributed by atoms with Crippen molar-refractivity contribution in [2.75, 3.05) is 5.33 Å². The molecule has 1 saturated carbocycles. The molecule has 5 heteroatoms. The molecule has 1 aromatic carbocycles. The van der Waals surface area contributed by atoms with Crippen LogP contribution >= 0.6 is 15.9 Å². The minimum Gasteiger partial charge on any atom is -0.457 e. The van der Waals surface area contributed by atoms with Gasteiger partial charge in [0.15, 0.2) is 0 Å². The number of benzene rings is 1. The van der Waals surface area contributed by atoms with Gasteiger partial charge < -0.3 is 9.64 Å². The van der Waals surface area contributed by atoms with Crippen LogP contribution in [0, 0.1) is 17.8 Å². The molecule has 27 heavy (non-hydrogen) atoms. The highest BCUT2D eigenvalue weighted by Gasteiger charge is 2.34. The molecule has 0 aliphatic heterocycles. The van der Waals surface area contributed by atoms with Gasteiger partial charge in [-0.05, 0) is 36.2 Å². The summed E-state index contributed by atoms with van der Waals surface area (Å²) < 4.78 is 5.86. The van der Waals surface area contributed by atoms with Crippen LogP contribution < -0.4 is 0 Å². The van der Waals surface area contributed by atoms with Crippen molar-refractivity contribution >= 4 is 27.8 Å². The van der Waals surface area contributed by atoms with E-state index in [4.69, 9.17) is 4.74 Å². The number of hydrogen-bond donors (Lipinski definition) is 0. The summed E-state index contributed by atoms with van der Waals surface area (Å²) in [5, 5.41) is 0.126. The van der Waals surface area contributed by atoms with Crippen LogP contribution in [0.2, 0.25) is 0 Å². The van der Waals surface area contributed by atoms with Gasteiger partial charge in [-0.2, -0.15) is 0 Å². The Morgan fingerprint density at radius 1 is 1.26 bits per heavy atom. The zero-order valence-electron chi connectivity index (χ0n) is 16.5. The van der Waals surface area contributed by atoms with E-state index in [2.05, 4.69) is 43.3 Å². The molecule has 1 aliphatic carbocycles. The quantitative estimate of drug-likeness (QED) is 0.346. The van der Waals surface area contributed by atoms with Crippen molar-refractivity contribution in [1.29, 1.82) is 0 Å². The van der Waals surface area contributed by atoms with Crippen molar-refractivity contribution in [2.45, 2.75) is 52.7 Å². The molecule has 0 heterocycles. The van der Waals surface area contributed by atoms with Crippen LogP contribution in [-0.2, 0) is 20.9 Å². The summed E-state index contributed by atoms with van der Waals surface area (Å²) in [4.78, 5) is 26.6. The number of carbonyl (C=O) groups is 2. The number of esters is 1. The van der Waals surface area contributed by atoms with Crippen LogP contribution in [0.4, 0.5) is 0 Å². The standard InChI is InChI=1S/C22H30BrNO3/c1-15(2)19-11-10-16(3)12-20(19)27-22(26)17(4)24(21(25)13-23)14-18-8-6-5-7-9-18/h5-9,15-16,19-20H,4,10-14H2,1-3H3/t16-,19+,20-/m1/s1. The molecule has 0 aromatic heterocycles. The highest BCUT2D eigenvalue weighted by Crippen LogP contribution is 2.35. The van der Waals surface area contributed by atoms with Crippen molar-refractivity contribution in [3.05, 3.63) is 48.2 Å². The number of rotatable bonds is 7. The third-order valence-corrected chi connectivity index (χ3v) is 5.86. The fraction of sp³-hybridized carbons (Fsp3) is 0.545. The maximum absolute atomic E-state index is 12.8. The fourth-order valence-corrected chi connectivity index (χ4v) is 4.04.